The van der Waals surface area contributed by atoms with E-state index in [0.29, 0.717) is 37.3 Å². The fraction of sp³-hybridized carbons (Fsp3) is 0.433. The molecule has 2 fully saturated rings. The largest absolute Gasteiger partial charge is 0.381 e. The third kappa shape index (κ3) is 5.21. The molecule has 2 aromatic heterocycles. The van der Waals surface area contributed by atoms with Crippen molar-refractivity contribution in [3.63, 3.8) is 0 Å². The number of hydrogen-bond acceptors (Lipinski definition) is 5. The van der Waals surface area contributed by atoms with Crippen LogP contribution in [0.15, 0.2) is 47.4 Å². The molecule has 2 saturated heterocycles. The number of piperazine rings is 1. The lowest BCUT2D eigenvalue weighted by Crippen LogP contribution is -2.49. The van der Waals surface area contributed by atoms with Crippen LogP contribution in [0, 0.1) is 12.7 Å². The normalized spacial score (nSPS) is 17.3. The predicted molar refractivity (Wildman–Crippen MR) is 149 cm³/mol. The van der Waals surface area contributed by atoms with Gasteiger partial charge in [0.25, 0.3) is 11.5 Å². The van der Waals surface area contributed by atoms with Gasteiger partial charge in [0, 0.05) is 50.3 Å². The number of carbonyl (C=O) groups is 1. The van der Waals surface area contributed by atoms with E-state index < -0.39 is 0 Å². The van der Waals surface area contributed by atoms with Gasteiger partial charge < -0.3 is 14.6 Å². The minimum atomic E-state index is -0.205. The molecule has 0 atom stereocenters. The fourth-order valence-corrected chi connectivity index (χ4v) is 5.93. The molecule has 0 aliphatic carbocycles. The second-order valence-corrected chi connectivity index (χ2v) is 10.7. The highest BCUT2D eigenvalue weighted by Gasteiger charge is 2.25. The summed E-state index contributed by atoms with van der Waals surface area (Å²) >= 11 is 0. The Labute approximate surface area is 226 Å². The number of fused-ring (bicyclic) bond motifs is 3. The van der Waals surface area contributed by atoms with Crippen molar-refractivity contribution in [2.24, 2.45) is 0 Å². The van der Waals surface area contributed by atoms with Crippen molar-refractivity contribution in [1.29, 1.82) is 0 Å². The third-order valence-electron chi connectivity index (χ3n) is 8.19. The van der Waals surface area contributed by atoms with Gasteiger partial charge >= 0.3 is 0 Å². The number of aromatic amines is 1. The van der Waals surface area contributed by atoms with E-state index in [1.165, 1.54) is 12.1 Å². The Morgan fingerprint density at radius 3 is 2.56 bits per heavy atom. The smallest absolute Gasteiger partial charge is 0.259 e. The zero-order chi connectivity index (χ0) is 26.9. The zero-order valence-electron chi connectivity index (χ0n) is 22.3. The standard InChI is InChI=1S/C30H34FN5O3/c1-20-17-27-25(28-26(29(37)33-27)19-32-36(28)23-8-15-39-16-9-23)18-24(20)30(38)35-13-11-34(12-14-35)10-2-3-21-4-6-22(31)7-5-21/h4-7,17-19,23H,2-3,8-16H2,1H3,(H,33,37). The average molecular weight is 532 g/mol. The molecule has 204 valence electrons. The number of halogens is 1. The average Bonchev–Trinajstić information content (AvgIpc) is 3.41. The maximum atomic E-state index is 13.7. The van der Waals surface area contributed by atoms with Crippen LogP contribution < -0.4 is 5.56 Å². The second kappa shape index (κ2) is 10.9. The van der Waals surface area contributed by atoms with Crippen LogP contribution in [0.1, 0.15) is 46.8 Å². The minimum Gasteiger partial charge on any atom is -0.381 e. The van der Waals surface area contributed by atoms with Gasteiger partial charge in [-0.1, -0.05) is 12.1 Å². The summed E-state index contributed by atoms with van der Waals surface area (Å²) in [5.41, 5.74) is 4.01. The van der Waals surface area contributed by atoms with E-state index in [2.05, 4.69) is 15.0 Å². The van der Waals surface area contributed by atoms with Gasteiger partial charge in [0.15, 0.2) is 0 Å². The number of hydrogen-bond donors (Lipinski definition) is 1. The number of aryl methyl sites for hydroxylation is 2. The zero-order valence-corrected chi connectivity index (χ0v) is 22.3. The topological polar surface area (TPSA) is 83.5 Å². The maximum absolute atomic E-state index is 13.7. The van der Waals surface area contributed by atoms with Crippen LogP contribution in [-0.4, -0.2) is 76.4 Å². The number of benzene rings is 2. The van der Waals surface area contributed by atoms with Crippen LogP contribution in [0.3, 0.4) is 0 Å². The van der Waals surface area contributed by atoms with Crippen LogP contribution in [0.25, 0.3) is 21.8 Å². The van der Waals surface area contributed by atoms with Gasteiger partial charge in [-0.3, -0.25) is 19.2 Å². The molecule has 2 aliphatic rings. The SMILES string of the molecule is Cc1cc2[nH]c(=O)c3cnn(C4CCOCC4)c3c2cc1C(=O)N1CCN(CCCc2ccc(F)cc2)CC1. The summed E-state index contributed by atoms with van der Waals surface area (Å²) in [6.07, 6.45) is 5.24. The van der Waals surface area contributed by atoms with Gasteiger partial charge in [-0.15, -0.1) is 0 Å². The van der Waals surface area contributed by atoms with Gasteiger partial charge in [-0.25, -0.2) is 4.39 Å². The highest BCUT2D eigenvalue weighted by Crippen LogP contribution is 2.30. The van der Waals surface area contributed by atoms with Crippen LogP contribution >= 0.6 is 0 Å². The molecular weight excluding hydrogens is 497 g/mol. The third-order valence-corrected chi connectivity index (χ3v) is 8.19. The second-order valence-electron chi connectivity index (χ2n) is 10.7. The first-order valence-corrected chi connectivity index (χ1v) is 13.9. The number of nitrogens with one attached hydrogen (secondary N) is 1. The predicted octanol–water partition coefficient (Wildman–Crippen LogP) is 4.07. The molecule has 0 bridgehead atoms. The number of nitrogens with zero attached hydrogens (tertiary/aromatic N) is 4. The first kappa shape index (κ1) is 25.7. The van der Waals surface area contributed by atoms with Crippen LogP contribution in [0.5, 0.6) is 0 Å². The number of amides is 1. The Morgan fingerprint density at radius 1 is 1.08 bits per heavy atom. The van der Waals surface area contributed by atoms with E-state index in [1.54, 1.807) is 6.20 Å². The molecule has 1 amide bonds. The summed E-state index contributed by atoms with van der Waals surface area (Å²) in [5.74, 6) is -0.180. The lowest BCUT2D eigenvalue weighted by molar-refractivity contribution is 0.0635. The van der Waals surface area contributed by atoms with Gasteiger partial charge in [-0.2, -0.15) is 5.10 Å². The van der Waals surface area contributed by atoms with Gasteiger partial charge in [0.2, 0.25) is 0 Å². The van der Waals surface area contributed by atoms with Crippen molar-refractivity contribution in [3.05, 3.63) is 75.5 Å². The molecule has 4 heterocycles. The first-order valence-electron chi connectivity index (χ1n) is 13.9. The highest BCUT2D eigenvalue weighted by molar-refractivity contribution is 6.07. The lowest BCUT2D eigenvalue weighted by Gasteiger charge is -2.35. The van der Waals surface area contributed by atoms with E-state index in [1.807, 2.05) is 40.8 Å². The summed E-state index contributed by atoms with van der Waals surface area (Å²) in [7, 11) is 0. The fourth-order valence-electron chi connectivity index (χ4n) is 5.93. The molecular formula is C30H34FN5O3. The Hall–Kier alpha value is -3.56. The first-order chi connectivity index (χ1) is 19.0. The highest BCUT2D eigenvalue weighted by atomic mass is 19.1. The molecule has 0 spiro atoms. The van der Waals surface area contributed by atoms with Crippen LogP contribution in [0.4, 0.5) is 4.39 Å². The number of aromatic nitrogens is 3. The molecule has 39 heavy (non-hydrogen) atoms. The summed E-state index contributed by atoms with van der Waals surface area (Å²) in [6, 6.07) is 10.7. The van der Waals surface area contributed by atoms with Crippen LogP contribution in [0.2, 0.25) is 0 Å². The van der Waals surface area contributed by atoms with Crippen molar-refractivity contribution in [2.45, 2.75) is 38.6 Å². The quantitative estimate of drug-likeness (QED) is 0.406. The molecule has 2 aliphatic heterocycles. The van der Waals surface area contributed by atoms with E-state index in [4.69, 9.17) is 4.74 Å². The molecule has 1 N–H and O–H groups in total. The van der Waals surface area contributed by atoms with Gasteiger partial charge in [0.05, 0.1) is 28.7 Å². The Balaban J connectivity index is 1.18. The van der Waals surface area contributed by atoms with Crippen molar-refractivity contribution in [1.82, 2.24) is 24.6 Å². The van der Waals surface area contributed by atoms with Crippen molar-refractivity contribution in [3.8, 4) is 0 Å². The van der Waals surface area contributed by atoms with Crippen molar-refractivity contribution >= 4 is 27.7 Å². The summed E-state index contributed by atoms with van der Waals surface area (Å²) in [5, 5.41) is 5.99. The molecule has 6 rings (SSSR count). The summed E-state index contributed by atoms with van der Waals surface area (Å²) in [6.45, 7) is 7.24. The summed E-state index contributed by atoms with van der Waals surface area (Å²) < 4.78 is 20.6. The molecule has 0 saturated carbocycles. The number of ether oxygens (including phenoxy) is 1. The van der Waals surface area contributed by atoms with E-state index in [-0.39, 0.29) is 23.3 Å². The Bertz CT molecular complexity index is 1550. The van der Waals surface area contributed by atoms with E-state index in [0.717, 1.165) is 72.9 Å². The number of H-pyrrole nitrogens is 1. The molecule has 4 aromatic rings. The van der Waals surface area contributed by atoms with E-state index >= 15 is 0 Å². The minimum absolute atomic E-state index is 0.0249. The molecule has 9 heteroatoms. The van der Waals surface area contributed by atoms with Crippen molar-refractivity contribution in [2.75, 3.05) is 45.9 Å². The monoisotopic (exact) mass is 531 g/mol. The number of pyridine rings is 1. The maximum Gasteiger partial charge on any atom is 0.259 e. The van der Waals surface area contributed by atoms with E-state index in [9.17, 15) is 14.0 Å². The van der Waals surface area contributed by atoms with Gasteiger partial charge in [0.1, 0.15) is 5.82 Å². The lowest BCUT2D eigenvalue weighted by atomic mass is 10.0. The Kier molecular flexibility index (Phi) is 7.18. The Morgan fingerprint density at radius 2 is 1.82 bits per heavy atom. The van der Waals surface area contributed by atoms with Gasteiger partial charge in [-0.05, 0) is 74.5 Å². The number of rotatable bonds is 6. The van der Waals surface area contributed by atoms with Crippen molar-refractivity contribution < 1.29 is 13.9 Å². The molecule has 2 aromatic carbocycles. The van der Waals surface area contributed by atoms with Crippen LogP contribution in [-0.2, 0) is 11.2 Å². The molecule has 0 radical (unpaired) electrons. The molecule has 8 nitrogen and oxygen atoms in total. The summed E-state index contributed by atoms with van der Waals surface area (Å²) in [4.78, 5) is 33.8. The number of carbonyl (C=O) groups excluding carboxylic acids is 1. The molecule has 0 unspecified atom stereocenters.